The summed E-state index contributed by atoms with van der Waals surface area (Å²) >= 11 is 0. The zero-order chi connectivity index (χ0) is 17.9. The van der Waals surface area contributed by atoms with Crippen molar-refractivity contribution >= 4 is 5.91 Å². The van der Waals surface area contributed by atoms with Gasteiger partial charge < -0.3 is 9.88 Å². The first-order valence-electron chi connectivity index (χ1n) is 7.47. The second-order valence-corrected chi connectivity index (χ2v) is 5.73. The normalized spacial score (nSPS) is 12.9. The maximum atomic E-state index is 12.7. The van der Waals surface area contributed by atoms with E-state index in [2.05, 4.69) is 15.5 Å². The Hall–Kier alpha value is -2.38. The number of carbonyl (C=O) groups is 1. The van der Waals surface area contributed by atoms with Crippen LogP contribution in [0.4, 0.5) is 13.2 Å². The SMILES string of the molecule is Cc1nnc(CNC(=O)C[C@H](C)c2cccc(C(F)(F)F)c2)n1C. The highest BCUT2D eigenvalue weighted by Crippen LogP contribution is 2.31. The molecule has 0 aliphatic rings. The number of nitrogens with one attached hydrogen (secondary N) is 1. The minimum atomic E-state index is -4.39. The van der Waals surface area contributed by atoms with Crippen molar-refractivity contribution in [1.82, 2.24) is 20.1 Å². The first-order chi connectivity index (χ1) is 11.2. The van der Waals surface area contributed by atoms with Crippen LogP contribution in [-0.2, 0) is 24.6 Å². The summed E-state index contributed by atoms with van der Waals surface area (Å²) in [7, 11) is 1.79. The number of alkyl halides is 3. The van der Waals surface area contributed by atoms with Crippen molar-refractivity contribution in [3.8, 4) is 0 Å². The van der Waals surface area contributed by atoms with Crippen LogP contribution in [0.5, 0.6) is 0 Å². The molecule has 0 aliphatic carbocycles. The molecule has 24 heavy (non-hydrogen) atoms. The third-order valence-electron chi connectivity index (χ3n) is 3.90. The molecule has 0 unspecified atom stereocenters. The van der Waals surface area contributed by atoms with Crippen molar-refractivity contribution < 1.29 is 18.0 Å². The summed E-state index contributed by atoms with van der Waals surface area (Å²) in [5.74, 6) is 0.776. The fraction of sp³-hybridized carbons (Fsp3) is 0.438. The first-order valence-corrected chi connectivity index (χ1v) is 7.47. The monoisotopic (exact) mass is 340 g/mol. The molecular weight excluding hydrogens is 321 g/mol. The van der Waals surface area contributed by atoms with Gasteiger partial charge in [0.1, 0.15) is 5.82 Å². The lowest BCUT2D eigenvalue weighted by Crippen LogP contribution is -2.25. The minimum absolute atomic E-state index is 0.0954. The quantitative estimate of drug-likeness (QED) is 0.910. The van der Waals surface area contributed by atoms with Crippen LogP contribution in [0, 0.1) is 6.92 Å². The highest BCUT2D eigenvalue weighted by molar-refractivity contribution is 5.76. The van der Waals surface area contributed by atoms with Gasteiger partial charge in [0.05, 0.1) is 12.1 Å². The molecule has 1 amide bonds. The van der Waals surface area contributed by atoms with Crippen LogP contribution < -0.4 is 5.32 Å². The average Bonchev–Trinajstić information content (AvgIpc) is 2.84. The number of benzene rings is 1. The summed E-state index contributed by atoms with van der Waals surface area (Å²) < 4.78 is 40.0. The van der Waals surface area contributed by atoms with E-state index < -0.39 is 11.7 Å². The Morgan fingerprint density at radius 1 is 1.33 bits per heavy atom. The molecule has 0 bridgehead atoms. The molecule has 1 heterocycles. The fourth-order valence-corrected chi connectivity index (χ4v) is 2.27. The van der Waals surface area contributed by atoms with Crippen molar-refractivity contribution in [3.63, 3.8) is 0 Å². The molecule has 1 N–H and O–H groups in total. The number of aromatic nitrogens is 3. The molecule has 130 valence electrons. The number of hydrogen-bond donors (Lipinski definition) is 1. The molecule has 0 saturated heterocycles. The van der Waals surface area contributed by atoms with Crippen LogP contribution in [0.25, 0.3) is 0 Å². The lowest BCUT2D eigenvalue weighted by atomic mass is 9.95. The van der Waals surface area contributed by atoms with Crippen molar-refractivity contribution in [1.29, 1.82) is 0 Å². The zero-order valence-electron chi connectivity index (χ0n) is 13.7. The number of aryl methyl sites for hydroxylation is 1. The van der Waals surface area contributed by atoms with Crippen molar-refractivity contribution in [2.75, 3.05) is 0 Å². The van der Waals surface area contributed by atoms with Crippen molar-refractivity contribution in [2.45, 2.75) is 38.9 Å². The number of rotatable bonds is 5. The molecule has 0 spiro atoms. The predicted molar refractivity (Wildman–Crippen MR) is 82.1 cm³/mol. The van der Waals surface area contributed by atoms with Crippen LogP contribution in [0.15, 0.2) is 24.3 Å². The molecular formula is C16H19F3N4O. The number of carbonyl (C=O) groups excluding carboxylic acids is 1. The van der Waals surface area contributed by atoms with E-state index in [4.69, 9.17) is 0 Å². The van der Waals surface area contributed by atoms with Crippen LogP contribution in [0.2, 0.25) is 0 Å². The topological polar surface area (TPSA) is 59.8 Å². The van der Waals surface area contributed by atoms with E-state index in [-0.39, 0.29) is 24.8 Å². The largest absolute Gasteiger partial charge is 0.416 e. The summed E-state index contributed by atoms with van der Waals surface area (Å²) in [6, 6.07) is 5.06. The molecule has 0 fully saturated rings. The molecule has 2 aromatic rings. The van der Waals surface area contributed by atoms with E-state index in [1.165, 1.54) is 6.07 Å². The van der Waals surface area contributed by atoms with Gasteiger partial charge in [0, 0.05) is 13.5 Å². The highest BCUT2D eigenvalue weighted by atomic mass is 19.4. The smallest absolute Gasteiger partial charge is 0.349 e. The number of nitrogens with zero attached hydrogens (tertiary/aromatic N) is 3. The van der Waals surface area contributed by atoms with Gasteiger partial charge in [-0.25, -0.2) is 0 Å². The summed E-state index contributed by atoms with van der Waals surface area (Å²) in [6.45, 7) is 3.75. The van der Waals surface area contributed by atoms with Gasteiger partial charge in [-0.3, -0.25) is 4.79 Å². The lowest BCUT2D eigenvalue weighted by molar-refractivity contribution is -0.137. The van der Waals surface area contributed by atoms with Gasteiger partial charge in [-0.2, -0.15) is 13.2 Å². The van der Waals surface area contributed by atoms with Gasteiger partial charge in [0.15, 0.2) is 5.82 Å². The van der Waals surface area contributed by atoms with Crippen LogP contribution in [0.1, 0.15) is 42.0 Å². The molecule has 5 nitrogen and oxygen atoms in total. The standard InChI is InChI=1S/C16H19F3N4O/c1-10(12-5-4-6-13(8-12)16(17,18)19)7-15(24)20-9-14-22-21-11(2)23(14)3/h4-6,8,10H,7,9H2,1-3H3,(H,20,24)/t10-/m0/s1. The van der Waals surface area contributed by atoms with Gasteiger partial charge in [0.2, 0.25) is 5.91 Å². The van der Waals surface area contributed by atoms with Gasteiger partial charge in [-0.05, 0) is 24.5 Å². The van der Waals surface area contributed by atoms with Crippen LogP contribution >= 0.6 is 0 Å². The molecule has 0 radical (unpaired) electrons. The summed E-state index contributed by atoms with van der Waals surface area (Å²) in [6.07, 6.45) is -4.29. The molecule has 0 saturated carbocycles. The van der Waals surface area contributed by atoms with Gasteiger partial charge in [0.25, 0.3) is 0 Å². The van der Waals surface area contributed by atoms with Crippen molar-refractivity contribution in [2.24, 2.45) is 7.05 Å². The molecule has 2 rings (SSSR count). The Morgan fingerprint density at radius 2 is 2.04 bits per heavy atom. The van der Waals surface area contributed by atoms with E-state index in [1.54, 1.807) is 31.5 Å². The Morgan fingerprint density at radius 3 is 2.62 bits per heavy atom. The Labute approximate surface area is 137 Å². The van der Waals surface area contributed by atoms with E-state index in [1.807, 2.05) is 0 Å². The highest BCUT2D eigenvalue weighted by Gasteiger charge is 2.30. The fourth-order valence-electron chi connectivity index (χ4n) is 2.27. The Kier molecular flexibility index (Phi) is 5.26. The van der Waals surface area contributed by atoms with Crippen LogP contribution in [-0.4, -0.2) is 20.7 Å². The maximum Gasteiger partial charge on any atom is 0.416 e. The van der Waals surface area contributed by atoms with Crippen LogP contribution in [0.3, 0.4) is 0 Å². The molecule has 1 atom stereocenters. The van der Waals surface area contributed by atoms with Crippen molar-refractivity contribution in [3.05, 3.63) is 47.0 Å². The van der Waals surface area contributed by atoms with Gasteiger partial charge >= 0.3 is 6.18 Å². The Bertz CT molecular complexity index is 724. The maximum absolute atomic E-state index is 12.7. The second kappa shape index (κ2) is 7.02. The van der Waals surface area contributed by atoms with Gasteiger partial charge in [-0.1, -0.05) is 25.1 Å². The summed E-state index contributed by atoms with van der Waals surface area (Å²) in [4.78, 5) is 12.0. The third kappa shape index (κ3) is 4.33. The van der Waals surface area contributed by atoms with E-state index in [0.717, 1.165) is 18.0 Å². The minimum Gasteiger partial charge on any atom is -0.349 e. The molecule has 0 aliphatic heterocycles. The van der Waals surface area contributed by atoms with E-state index >= 15 is 0 Å². The molecule has 8 heteroatoms. The first kappa shape index (κ1) is 18.0. The lowest BCUT2D eigenvalue weighted by Gasteiger charge is -2.14. The molecule has 1 aromatic carbocycles. The van der Waals surface area contributed by atoms with E-state index in [9.17, 15) is 18.0 Å². The number of amides is 1. The second-order valence-electron chi connectivity index (χ2n) is 5.73. The summed E-state index contributed by atoms with van der Waals surface area (Å²) in [5, 5.41) is 10.5. The predicted octanol–water partition coefficient (Wildman–Crippen LogP) is 2.95. The zero-order valence-corrected chi connectivity index (χ0v) is 13.7. The van der Waals surface area contributed by atoms with Gasteiger partial charge in [-0.15, -0.1) is 10.2 Å². The average molecular weight is 340 g/mol. The molecule has 1 aromatic heterocycles. The third-order valence-corrected chi connectivity index (χ3v) is 3.90. The number of halogens is 3. The van der Waals surface area contributed by atoms with E-state index in [0.29, 0.717) is 11.4 Å². The number of hydrogen-bond acceptors (Lipinski definition) is 3. The Balaban J connectivity index is 1.95. The summed E-state index contributed by atoms with van der Waals surface area (Å²) in [5.41, 5.74) is -0.226.